The lowest BCUT2D eigenvalue weighted by Crippen LogP contribution is -2.44. The van der Waals surface area contributed by atoms with Crippen LogP contribution in [-0.2, 0) is 22.6 Å². The fourth-order valence-corrected chi connectivity index (χ4v) is 3.25. The highest BCUT2D eigenvalue weighted by atomic mass is 16.5. The van der Waals surface area contributed by atoms with Crippen molar-refractivity contribution >= 4 is 5.91 Å². The molecular weight excluding hydrogens is 328 g/mol. The van der Waals surface area contributed by atoms with Gasteiger partial charge in [-0.25, -0.2) is 4.98 Å². The second kappa shape index (κ2) is 8.96. The topological polar surface area (TPSA) is 59.4 Å². The van der Waals surface area contributed by atoms with Crippen molar-refractivity contribution in [2.24, 2.45) is 0 Å². The Morgan fingerprint density at radius 1 is 1.31 bits per heavy atom. The maximum atomic E-state index is 12.2. The van der Waals surface area contributed by atoms with Gasteiger partial charge >= 0.3 is 0 Å². The molecule has 140 valence electrons. The Morgan fingerprint density at radius 2 is 2.12 bits per heavy atom. The van der Waals surface area contributed by atoms with Crippen LogP contribution in [0.25, 0.3) is 0 Å². The van der Waals surface area contributed by atoms with Gasteiger partial charge < -0.3 is 14.6 Å². The SMILES string of the molecule is Cc1ncn(CCNC(=O)C[C@@H]2CN(Cc3ccccc3)CCO2)c1C. The van der Waals surface area contributed by atoms with Crippen LogP contribution in [0.2, 0.25) is 0 Å². The van der Waals surface area contributed by atoms with Gasteiger partial charge in [-0.2, -0.15) is 0 Å². The zero-order chi connectivity index (χ0) is 18.4. The number of imidazole rings is 1. The van der Waals surface area contributed by atoms with Crippen LogP contribution in [0.5, 0.6) is 0 Å². The van der Waals surface area contributed by atoms with Gasteiger partial charge in [-0.3, -0.25) is 9.69 Å². The van der Waals surface area contributed by atoms with Gasteiger partial charge in [0.05, 0.1) is 31.2 Å². The summed E-state index contributed by atoms with van der Waals surface area (Å²) >= 11 is 0. The summed E-state index contributed by atoms with van der Waals surface area (Å²) in [5.41, 5.74) is 3.47. The number of morpholine rings is 1. The third-order valence-electron chi connectivity index (χ3n) is 4.91. The number of aryl methyl sites for hydroxylation is 1. The van der Waals surface area contributed by atoms with Crippen LogP contribution in [0.3, 0.4) is 0 Å². The summed E-state index contributed by atoms with van der Waals surface area (Å²) in [6.07, 6.45) is 2.19. The number of hydrogen-bond acceptors (Lipinski definition) is 4. The highest BCUT2D eigenvalue weighted by molar-refractivity contribution is 5.76. The number of rotatable bonds is 7. The van der Waals surface area contributed by atoms with Crippen LogP contribution < -0.4 is 5.32 Å². The summed E-state index contributed by atoms with van der Waals surface area (Å²) in [6, 6.07) is 10.4. The summed E-state index contributed by atoms with van der Waals surface area (Å²) < 4.78 is 7.85. The molecule has 26 heavy (non-hydrogen) atoms. The normalized spacial score (nSPS) is 18.0. The van der Waals surface area contributed by atoms with Crippen molar-refractivity contribution < 1.29 is 9.53 Å². The van der Waals surface area contributed by atoms with E-state index in [0.717, 1.165) is 37.6 Å². The Morgan fingerprint density at radius 3 is 2.85 bits per heavy atom. The molecule has 3 rings (SSSR count). The Bertz CT molecular complexity index is 714. The molecule has 1 aliphatic rings. The fraction of sp³-hybridized carbons (Fsp3) is 0.500. The number of carbonyl (C=O) groups is 1. The Kier molecular flexibility index (Phi) is 6.41. The van der Waals surface area contributed by atoms with Crippen molar-refractivity contribution in [3.05, 3.63) is 53.6 Å². The number of aromatic nitrogens is 2. The van der Waals surface area contributed by atoms with Crippen molar-refractivity contribution in [1.82, 2.24) is 19.8 Å². The zero-order valence-electron chi connectivity index (χ0n) is 15.6. The number of hydrogen-bond donors (Lipinski definition) is 1. The lowest BCUT2D eigenvalue weighted by atomic mass is 10.1. The van der Waals surface area contributed by atoms with Gasteiger partial charge in [0.25, 0.3) is 0 Å². The molecule has 1 aliphatic heterocycles. The molecular formula is C20H28N4O2. The lowest BCUT2D eigenvalue weighted by Gasteiger charge is -2.32. The molecule has 2 heterocycles. The van der Waals surface area contributed by atoms with Gasteiger partial charge in [0.15, 0.2) is 0 Å². The van der Waals surface area contributed by atoms with Gasteiger partial charge in [0, 0.05) is 38.4 Å². The molecule has 0 radical (unpaired) electrons. The summed E-state index contributed by atoms with van der Waals surface area (Å²) in [4.78, 5) is 18.9. The van der Waals surface area contributed by atoms with Crippen LogP contribution in [0, 0.1) is 13.8 Å². The maximum Gasteiger partial charge on any atom is 0.222 e. The van der Waals surface area contributed by atoms with E-state index < -0.39 is 0 Å². The molecule has 1 amide bonds. The van der Waals surface area contributed by atoms with E-state index in [1.165, 1.54) is 5.56 Å². The molecule has 0 spiro atoms. The van der Waals surface area contributed by atoms with Crippen molar-refractivity contribution in [3.63, 3.8) is 0 Å². The van der Waals surface area contributed by atoms with Crippen LogP contribution in [0.4, 0.5) is 0 Å². The number of benzene rings is 1. The van der Waals surface area contributed by atoms with E-state index in [4.69, 9.17) is 4.74 Å². The Balaban J connectivity index is 1.40. The lowest BCUT2D eigenvalue weighted by molar-refractivity contribution is -0.126. The molecule has 1 fully saturated rings. The summed E-state index contributed by atoms with van der Waals surface area (Å²) in [5, 5.41) is 2.99. The quantitative estimate of drug-likeness (QED) is 0.823. The molecule has 1 aromatic carbocycles. The Hall–Kier alpha value is -2.18. The molecule has 6 nitrogen and oxygen atoms in total. The van der Waals surface area contributed by atoms with E-state index in [0.29, 0.717) is 19.6 Å². The molecule has 1 saturated heterocycles. The van der Waals surface area contributed by atoms with E-state index in [1.807, 2.05) is 26.2 Å². The zero-order valence-corrected chi connectivity index (χ0v) is 15.6. The largest absolute Gasteiger partial charge is 0.375 e. The van der Waals surface area contributed by atoms with E-state index >= 15 is 0 Å². The summed E-state index contributed by atoms with van der Waals surface area (Å²) in [7, 11) is 0. The van der Waals surface area contributed by atoms with Crippen LogP contribution in [-0.4, -0.2) is 52.7 Å². The number of amides is 1. The monoisotopic (exact) mass is 356 g/mol. The van der Waals surface area contributed by atoms with Gasteiger partial charge in [-0.05, 0) is 19.4 Å². The second-order valence-corrected chi connectivity index (χ2v) is 6.88. The standard InChI is InChI=1S/C20H28N4O2/c1-16-17(2)24(15-22-16)9-8-21-20(25)12-19-14-23(10-11-26-19)13-18-6-4-3-5-7-18/h3-7,15,19H,8-14H2,1-2H3,(H,21,25)/t19-/m1/s1. The third-order valence-corrected chi connectivity index (χ3v) is 4.91. The number of carbonyl (C=O) groups excluding carboxylic acids is 1. The van der Waals surface area contributed by atoms with Crippen molar-refractivity contribution in [1.29, 1.82) is 0 Å². The molecule has 0 bridgehead atoms. The first kappa shape index (κ1) is 18.6. The maximum absolute atomic E-state index is 12.2. The van der Waals surface area contributed by atoms with Crippen LogP contribution in [0.1, 0.15) is 23.4 Å². The molecule has 1 aromatic heterocycles. The van der Waals surface area contributed by atoms with Gasteiger partial charge in [-0.1, -0.05) is 30.3 Å². The van der Waals surface area contributed by atoms with Crippen molar-refractivity contribution in [2.45, 2.75) is 39.5 Å². The minimum absolute atomic E-state index is 0.0373. The van der Waals surface area contributed by atoms with Crippen molar-refractivity contribution in [2.75, 3.05) is 26.2 Å². The predicted molar refractivity (Wildman–Crippen MR) is 101 cm³/mol. The fourth-order valence-electron chi connectivity index (χ4n) is 3.25. The first-order chi connectivity index (χ1) is 12.6. The minimum atomic E-state index is -0.0373. The Labute approximate surface area is 155 Å². The van der Waals surface area contributed by atoms with Gasteiger partial charge in [0.1, 0.15) is 0 Å². The average molecular weight is 356 g/mol. The highest BCUT2D eigenvalue weighted by Gasteiger charge is 2.22. The molecule has 0 saturated carbocycles. The minimum Gasteiger partial charge on any atom is -0.375 e. The number of ether oxygens (including phenoxy) is 1. The molecule has 1 atom stereocenters. The molecule has 6 heteroatoms. The van der Waals surface area contributed by atoms with E-state index in [-0.39, 0.29) is 12.0 Å². The highest BCUT2D eigenvalue weighted by Crippen LogP contribution is 2.12. The molecule has 0 unspecified atom stereocenters. The van der Waals surface area contributed by atoms with Crippen LogP contribution >= 0.6 is 0 Å². The third kappa shape index (κ3) is 5.16. The van der Waals surface area contributed by atoms with E-state index in [2.05, 4.69) is 44.0 Å². The number of nitrogens with zero attached hydrogens (tertiary/aromatic N) is 3. The van der Waals surface area contributed by atoms with E-state index in [9.17, 15) is 4.79 Å². The van der Waals surface area contributed by atoms with Gasteiger partial charge in [-0.15, -0.1) is 0 Å². The molecule has 1 N–H and O–H groups in total. The average Bonchev–Trinajstić information content (AvgIpc) is 2.95. The molecule has 2 aromatic rings. The first-order valence-electron chi connectivity index (χ1n) is 9.24. The second-order valence-electron chi connectivity index (χ2n) is 6.88. The summed E-state index contributed by atoms with van der Waals surface area (Å²) in [5.74, 6) is 0.0473. The smallest absolute Gasteiger partial charge is 0.222 e. The van der Waals surface area contributed by atoms with Crippen LogP contribution in [0.15, 0.2) is 36.7 Å². The molecule has 0 aliphatic carbocycles. The summed E-state index contributed by atoms with van der Waals surface area (Å²) in [6.45, 7) is 8.67. The van der Waals surface area contributed by atoms with Crippen molar-refractivity contribution in [3.8, 4) is 0 Å². The van der Waals surface area contributed by atoms with Gasteiger partial charge in [0.2, 0.25) is 5.91 Å². The predicted octanol–water partition coefficient (Wildman–Crippen LogP) is 1.91. The van der Waals surface area contributed by atoms with E-state index in [1.54, 1.807) is 0 Å². The first-order valence-corrected chi connectivity index (χ1v) is 9.24. The number of nitrogens with one attached hydrogen (secondary N) is 1.